The number of carbonyl (C=O) groups excluding carboxylic acids is 4. The Morgan fingerprint density at radius 2 is 1.75 bits per heavy atom. The molecule has 3 fully saturated rings. The first-order valence-electron chi connectivity index (χ1n) is 17.4. The van der Waals surface area contributed by atoms with Gasteiger partial charge in [0.05, 0.1) is 5.70 Å². The van der Waals surface area contributed by atoms with E-state index in [-0.39, 0.29) is 36.1 Å². The van der Waals surface area contributed by atoms with E-state index in [9.17, 15) is 19.2 Å². The summed E-state index contributed by atoms with van der Waals surface area (Å²) in [6.45, 7) is 9.73. The van der Waals surface area contributed by atoms with Crippen molar-refractivity contribution in [2.24, 2.45) is 35.5 Å². The summed E-state index contributed by atoms with van der Waals surface area (Å²) in [6.07, 6.45) is 8.97. The zero-order valence-electron chi connectivity index (χ0n) is 29.1. The second-order valence-electron chi connectivity index (χ2n) is 14.2. The van der Waals surface area contributed by atoms with Crippen molar-refractivity contribution in [3.63, 3.8) is 0 Å². The van der Waals surface area contributed by atoms with Crippen molar-refractivity contribution >= 4 is 23.6 Å². The van der Waals surface area contributed by atoms with Gasteiger partial charge in [-0.2, -0.15) is 5.10 Å². The molecule has 5 rings (SSSR count). The number of halogens is 1. The molecule has 0 bridgehead atoms. The van der Waals surface area contributed by atoms with E-state index < -0.39 is 47.5 Å². The molecule has 2 saturated carbocycles. The number of aryl methyl sites for hydroxylation is 1. The van der Waals surface area contributed by atoms with E-state index in [4.69, 9.17) is 4.74 Å². The van der Waals surface area contributed by atoms with Crippen molar-refractivity contribution < 1.29 is 28.3 Å². The lowest BCUT2D eigenvalue weighted by atomic mass is 9.75. The highest BCUT2D eigenvalue weighted by Gasteiger charge is 2.49. The molecule has 1 aromatic rings. The fourth-order valence-corrected chi connectivity index (χ4v) is 7.66. The van der Waals surface area contributed by atoms with Crippen molar-refractivity contribution in [1.82, 2.24) is 35.5 Å². The Morgan fingerprint density at radius 3 is 2.35 bits per heavy atom. The van der Waals surface area contributed by atoms with Crippen LogP contribution in [0.1, 0.15) is 63.9 Å². The number of aromatic nitrogens is 2. The average Bonchev–Trinajstić information content (AvgIpc) is 4.00. The standard InChI is InChI=1S/C35H52FN7O5/c1-7-43-27(14-15-37-43)33(45)40-32(29(23-8-9-23)24-10-11-24)34(46)38-26-13-12-25(21(3)30(26)36)22(4)31(39-28(44)19-48-6)35(47)42-17-16-41(5)18-20(42)2/h12-15,20-25,29,31-32H,7-11,16-19H2,1-6H3,(H,38,46)(H,39,44)(H,40,45)/t20-,21?,22-,25?,31+,32-/m0/s1. The molecule has 13 heteroatoms. The molecule has 3 aliphatic carbocycles. The number of rotatable bonds is 14. The van der Waals surface area contributed by atoms with Gasteiger partial charge in [-0.05, 0) is 88.3 Å². The molecule has 6 atom stereocenters. The Hall–Kier alpha value is -3.58. The van der Waals surface area contributed by atoms with Crippen LogP contribution in [0.5, 0.6) is 0 Å². The van der Waals surface area contributed by atoms with Gasteiger partial charge in [-0.25, -0.2) is 4.39 Å². The second-order valence-corrected chi connectivity index (χ2v) is 14.2. The van der Waals surface area contributed by atoms with Gasteiger partial charge >= 0.3 is 0 Å². The number of allylic oxidation sites excluding steroid dienone is 3. The summed E-state index contributed by atoms with van der Waals surface area (Å²) in [5.74, 6) is -2.87. The molecular formula is C35H52FN7O5. The molecule has 4 amide bonds. The van der Waals surface area contributed by atoms with Crippen LogP contribution in [-0.4, -0.2) is 102 Å². The summed E-state index contributed by atoms with van der Waals surface area (Å²) in [7, 11) is 3.42. The van der Waals surface area contributed by atoms with Crippen molar-refractivity contribution in [2.45, 2.75) is 78.0 Å². The summed E-state index contributed by atoms with van der Waals surface area (Å²) in [6, 6.07) is -0.128. The largest absolute Gasteiger partial charge is 0.375 e. The summed E-state index contributed by atoms with van der Waals surface area (Å²) >= 11 is 0. The molecule has 0 radical (unpaired) electrons. The Bertz CT molecular complexity index is 1410. The number of nitrogens with one attached hydrogen (secondary N) is 3. The highest BCUT2D eigenvalue weighted by Crippen LogP contribution is 2.51. The van der Waals surface area contributed by atoms with E-state index in [1.165, 1.54) is 7.11 Å². The minimum absolute atomic E-state index is 0.0205. The summed E-state index contributed by atoms with van der Waals surface area (Å²) in [5, 5.41) is 12.9. The zero-order chi connectivity index (χ0) is 34.7. The summed E-state index contributed by atoms with van der Waals surface area (Å²) in [5.41, 5.74) is 0.430. The molecular weight excluding hydrogens is 617 g/mol. The van der Waals surface area contributed by atoms with Gasteiger partial charge < -0.3 is 30.5 Å². The highest BCUT2D eigenvalue weighted by molar-refractivity contribution is 5.97. The Morgan fingerprint density at radius 1 is 1.06 bits per heavy atom. The summed E-state index contributed by atoms with van der Waals surface area (Å²) < 4.78 is 22.8. The molecule has 4 aliphatic rings. The molecule has 1 aliphatic heterocycles. The van der Waals surface area contributed by atoms with Crippen LogP contribution in [0.15, 0.2) is 35.9 Å². The van der Waals surface area contributed by atoms with Crippen molar-refractivity contribution in [2.75, 3.05) is 40.4 Å². The lowest BCUT2D eigenvalue weighted by Crippen LogP contribution is -2.60. The van der Waals surface area contributed by atoms with Crippen LogP contribution in [0.3, 0.4) is 0 Å². The maximum atomic E-state index is 16.2. The van der Waals surface area contributed by atoms with Crippen LogP contribution < -0.4 is 16.0 Å². The van der Waals surface area contributed by atoms with Gasteiger partial charge in [0, 0.05) is 51.4 Å². The first kappa shape index (κ1) is 35.7. The van der Waals surface area contributed by atoms with Crippen LogP contribution >= 0.6 is 0 Å². The topological polar surface area (TPSA) is 138 Å². The molecule has 3 N–H and O–H groups in total. The van der Waals surface area contributed by atoms with E-state index >= 15 is 4.39 Å². The predicted molar refractivity (Wildman–Crippen MR) is 178 cm³/mol. The molecule has 1 saturated heterocycles. The van der Waals surface area contributed by atoms with Crippen molar-refractivity contribution in [3.05, 3.63) is 41.6 Å². The molecule has 48 heavy (non-hydrogen) atoms. The SMILES string of the molecule is CCn1nccc1C(=O)N[C@H](C(=O)NC1=C(F)C(C)C([C@H](C)[C@@H](NC(=O)COC)C(=O)N2CCN(C)C[C@@H]2C)C=C1)C(C1CC1)C1CC1. The van der Waals surface area contributed by atoms with E-state index in [2.05, 4.69) is 25.9 Å². The van der Waals surface area contributed by atoms with E-state index in [0.29, 0.717) is 37.2 Å². The van der Waals surface area contributed by atoms with Gasteiger partial charge in [-0.1, -0.05) is 19.9 Å². The van der Waals surface area contributed by atoms with Crippen molar-refractivity contribution in [1.29, 1.82) is 0 Å². The fourth-order valence-electron chi connectivity index (χ4n) is 7.66. The van der Waals surface area contributed by atoms with E-state index in [1.54, 1.807) is 34.8 Å². The number of hydrogen-bond acceptors (Lipinski definition) is 7. The van der Waals surface area contributed by atoms with Gasteiger partial charge in [0.15, 0.2) is 0 Å². The molecule has 2 heterocycles. The number of piperazine rings is 1. The van der Waals surface area contributed by atoms with Crippen LogP contribution in [0.2, 0.25) is 0 Å². The molecule has 0 aromatic carbocycles. The number of amides is 4. The maximum Gasteiger partial charge on any atom is 0.270 e. The van der Waals surface area contributed by atoms with Crippen LogP contribution in [0, 0.1) is 35.5 Å². The van der Waals surface area contributed by atoms with Gasteiger partial charge in [-0.3, -0.25) is 23.9 Å². The average molecular weight is 670 g/mol. The Balaban J connectivity index is 1.33. The molecule has 2 unspecified atom stereocenters. The Kier molecular flexibility index (Phi) is 11.4. The van der Waals surface area contributed by atoms with Crippen LogP contribution in [-0.2, 0) is 25.7 Å². The van der Waals surface area contributed by atoms with Gasteiger partial charge in [-0.15, -0.1) is 0 Å². The second kappa shape index (κ2) is 15.3. The lowest BCUT2D eigenvalue weighted by Gasteiger charge is -2.42. The third-order valence-electron chi connectivity index (χ3n) is 10.6. The van der Waals surface area contributed by atoms with Crippen molar-refractivity contribution in [3.8, 4) is 0 Å². The van der Waals surface area contributed by atoms with Gasteiger partial charge in [0.1, 0.15) is 30.2 Å². The fraction of sp³-hybridized carbons (Fsp3) is 0.686. The van der Waals surface area contributed by atoms with Crippen LogP contribution in [0.25, 0.3) is 0 Å². The van der Waals surface area contributed by atoms with Gasteiger partial charge in [0.2, 0.25) is 17.7 Å². The zero-order valence-corrected chi connectivity index (χ0v) is 29.1. The molecule has 264 valence electrons. The maximum absolute atomic E-state index is 16.2. The molecule has 12 nitrogen and oxygen atoms in total. The number of methoxy groups -OCH3 is 1. The quantitative estimate of drug-likeness (QED) is 0.277. The molecule has 1 aromatic heterocycles. The third-order valence-corrected chi connectivity index (χ3v) is 10.6. The number of ether oxygens (including phenoxy) is 1. The number of likely N-dealkylation sites (N-methyl/N-ethyl adjacent to an activating group) is 1. The Labute approximate surface area is 282 Å². The normalized spacial score (nSPS) is 25.1. The first-order chi connectivity index (χ1) is 22.9. The van der Waals surface area contributed by atoms with Crippen LogP contribution in [0.4, 0.5) is 4.39 Å². The monoisotopic (exact) mass is 669 g/mol. The first-order valence-corrected chi connectivity index (χ1v) is 17.4. The third kappa shape index (κ3) is 7.99. The predicted octanol–water partition coefficient (Wildman–Crippen LogP) is 2.49. The smallest absolute Gasteiger partial charge is 0.270 e. The number of carbonyl (C=O) groups is 4. The molecule has 0 spiro atoms. The van der Waals surface area contributed by atoms with E-state index in [0.717, 1.165) is 32.2 Å². The minimum atomic E-state index is -0.895. The number of nitrogens with zero attached hydrogens (tertiary/aromatic N) is 4. The summed E-state index contributed by atoms with van der Waals surface area (Å²) in [4.78, 5) is 57.9. The lowest BCUT2D eigenvalue weighted by molar-refractivity contribution is -0.142. The number of hydrogen-bond donors (Lipinski definition) is 3. The van der Waals surface area contributed by atoms with E-state index in [1.807, 2.05) is 33.9 Å². The van der Waals surface area contributed by atoms with Gasteiger partial charge in [0.25, 0.3) is 5.91 Å². The highest BCUT2D eigenvalue weighted by atomic mass is 19.1. The minimum Gasteiger partial charge on any atom is -0.375 e.